The van der Waals surface area contributed by atoms with Crippen LogP contribution in [-0.2, 0) is 6.42 Å². The van der Waals surface area contributed by atoms with Crippen molar-refractivity contribution in [3.63, 3.8) is 0 Å². The Bertz CT molecular complexity index is 705. The van der Waals surface area contributed by atoms with Crippen LogP contribution in [0.25, 0.3) is 11.2 Å². The van der Waals surface area contributed by atoms with Gasteiger partial charge in [-0.15, -0.1) is 0 Å². The highest BCUT2D eigenvalue weighted by molar-refractivity contribution is 5.79. The first-order valence-electron chi connectivity index (χ1n) is 5.64. The van der Waals surface area contributed by atoms with Gasteiger partial charge in [0.15, 0.2) is 11.3 Å². The molecule has 0 fully saturated rings. The van der Waals surface area contributed by atoms with Crippen LogP contribution in [-0.4, -0.2) is 15.0 Å². The summed E-state index contributed by atoms with van der Waals surface area (Å²) in [6.07, 6.45) is 2.00. The summed E-state index contributed by atoms with van der Waals surface area (Å²) in [4.78, 5) is 12.2. The van der Waals surface area contributed by atoms with E-state index in [-0.39, 0.29) is 0 Å². The summed E-state index contributed by atoms with van der Waals surface area (Å²) in [5.41, 5.74) is 9.07. The van der Waals surface area contributed by atoms with Gasteiger partial charge in [0, 0.05) is 6.42 Å². The third-order valence-electron chi connectivity index (χ3n) is 2.87. The second-order valence-electron chi connectivity index (χ2n) is 4.12. The first-order valence-corrected chi connectivity index (χ1v) is 5.64. The van der Waals surface area contributed by atoms with Crippen molar-refractivity contribution in [2.75, 3.05) is 5.73 Å². The van der Waals surface area contributed by atoms with Gasteiger partial charge in [-0.2, -0.15) is 4.98 Å². The fourth-order valence-electron chi connectivity index (χ4n) is 1.86. The van der Waals surface area contributed by atoms with Crippen LogP contribution in [0.1, 0.15) is 17.0 Å². The van der Waals surface area contributed by atoms with Crippen LogP contribution < -0.4 is 5.73 Å². The van der Waals surface area contributed by atoms with E-state index in [0.717, 1.165) is 0 Å². The lowest BCUT2D eigenvalue weighted by molar-refractivity contribution is 0.534. The highest BCUT2D eigenvalue weighted by Gasteiger charge is 2.11. The molecule has 0 radical (unpaired) electrons. The molecule has 0 saturated carbocycles. The summed E-state index contributed by atoms with van der Waals surface area (Å²) in [5, 5.41) is 0. The molecule has 2 heterocycles. The van der Waals surface area contributed by atoms with Crippen LogP contribution in [0.15, 0.2) is 35.0 Å². The smallest absolute Gasteiger partial charge is 0.252 e. The number of nitrogen functional groups attached to an aromatic ring is 1. The highest BCUT2D eigenvalue weighted by atomic mass is 16.4. The van der Waals surface area contributed by atoms with Crippen LogP contribution in [0, 0.1) is 6.92 Å². The molecular weight excluding hydrogens is 228 g/mol. The van der Waals surface area contributed by atoms with Crippen molar-refractivity contribution in [1.82, 2.24) is 15.0 Å². The minimum atomic E-state index is 0.347. The summed E-state index contributed by atoms with van der Waals surface area (Å²) in [5.74, 6) is 0.950. The van der Waals surface area contributed by atoms with Gasteiger partial charge in [0.2, 0.25) is 5.89 Å². The zero-order chi connectivity index (χ0) is 12.5. The summed E-state index contributed by atoms with van der Waals surface area (Å²) in [6, 6.07) is 8.12. The van der Waals surface area contributed by atoms with Gasteiger partial charge in [0.25, 0.3) is 5.71 Å². The molecule has 0 amide bonds. The van der Waals surface area contributed by atoms with Gasteiger partial charge in [-0.05, 0) is 18.1 Å². The number of benzene rings is 1. The number of aromatic nitrogens is 3. The van der Waals surface area contributed by atoms with Crippen molar-refractivity contribution in [2.24, 2.45) is 0 Å². The number of anilines is 1. The lowest BCUT2D eigenvalue weighted by Crippen LogP contribution is -1.93. The number of fused-ring (bicyclic) bond motifs is 1. The normalized spacial score (nSPS) is 10.9. The molecular formula is C13H12N4O. The molecule has 1 aromatic carbocycles. The van der Waals surface area contributed by atoms with Crippen molar-refractivity contribution in [1.29, 1.82) is 0 Å². The number of nitrogens with zero attached hydrogens (tertiary/aromatic N) is 3. The lowest BCUT2D eigenvalue weighted by Gasteiger charge is -2.01. The third-order valence-corrected chi connectivity index (χ3v) is 2.87. The largest absolute Gasteiger partial charge is 0.422 e. The van der Waals surface area contributed by atoms with E-state index in [1.165, 1.54) is 17.5 Å². The number of oxazole rings is 1. The fraction of sp³-hybridized carbons (Fsp3) is 0.154. The molecule has 0 unspecified atom stereocenters. The summed E-state index contributed by atoms with van der Waals surface area (Å²) >= 11 is 0. The van der Waals surface area contributed by atoms with E-state index in [1.807, 2.05) is 12.1 Å². The van der Waals surface area contributed by atoms with Gasteiger partial charge in [0.1, 0.15) is 6.33 Å². The molecule has 0 saturated heterocycles. The molecule has 0 spiro atoms. The van der Waals surface area contributed by atoms with E-state index >= 15 is 0 Å². The van der Waals surface area contributed by atoms with E-state index < -0.39 is 0 Å². The zero-order valence-corrected chi connectivity index (χ0v) is 9.92. The van der Waals surface area contributed by atoms with Crippen LogP contribution in [0.4, 0.5) is 5.82 Å². The summed E-state index contributed by atoms with van der Waals surface area (Å²) < 4.78 is 5.57. The minimum absolute atomic E-state index is 0.347. The molecule has 0 aliphatic rings. The maximum atomic E-state index is 5.72. The van der Waals surface area contributed by atoms with Gasteiger partial charge in [-0.25, -0.2) is 9.97 Å². The average molecular weight is 240 g/mol. The number of nitrogens with two attached hydrogens (primary N) is 1. The van der Waals surface area contributed by atoms with Gasteiger partial charge >= 0.3 is 0 Å². The molecule has 0 aliphatic heterocycles. The lowest BCUT2D eigenvalue weighted by atomic mass is 10.1. The number of hydrogen-bond acceptors (Lipinski definition) is 5. The first-order chi connectivity index (χ1) is 8.74. The molecule has 3 aromatic rings. The monoisotopic (exact) mass is 240 g/mol. The van der Waals surface area contributed by atoms with E-state index in [9.17, 15) is 0 Å². The van der Waals surface area contributed by atoms with Gasteiger partial charge < -0.3 is 10.2 Å². The number of aryl methyl sites for hydroxylation is 1. The quantitative estimate of drug-likeness (QED) is 0.742. The SMILES string of the molecule is Cc1ccccc1Cc1nc2c(N)ncnc2o1. The fourth-order valence-corrected chi connectivity index (χ4v) is 1.86. The van der Waals surface area contributed by atoms with Crippen LogP contribution in [0.2, 0.25) is 0 Å². The van der Waals surface area contributed by atoms with Crippen molar-refractivity contribution in [3.05, 3.63) is 47.6 Å². The predicted molar refractivity (Wildman–Crippen MR) is 68.0 cm³/mol. The van der Waals surface area contributed by atoms with Crippen LogP contribution >= 0.6 is 0 Å². The number of rotatable bonds is 2. The van der Waals surface area contributed by atoms with Crippen molar-refractivity contribution >= 4 is 17.0 Å². The topological polar surface area (TPSA) is 77.8 Å². The van der Waals surface area contributed by atoms with Gasteiger partial charge in [-0.3, -0.25) is 0 Å². The van der Waals surface area contributed by atoms with E-state index in [2.05, 4.69) is 34.0 Å². The third kappa shape index (κ3) is 1.79. The van der Waals surface area contributed by atoms with Crippen LogP contribution in [0.5, 0.6) is 0 Å². The van der Waals surface area contributed by atoms with Crippen LogP contribution in [0.3, 0.4) is 0 Å². The standard InChI is InChI=1S/C13H12N4O/c1-8-4-2-3-5-9(8)6-10-17-11-12(14)15-7-16-13(11)18-10/h2-5,7H,6H2,1H3,(H2,14,15,16). The Hall–Kier alpha value is -2.43. The summed E-state index contributed by atoms with van der Waals surface area (Å²) in [6.45, 7) is 2.06. The molecule has 2 aromatic heterocycles. The first kappa shape index (κ1) is 10.7. The maximum Gasteiger partial charge on any atom is 0.252 e. The Morgan fingerprint density at radius 2 is 2.06 bits per heavy atom. The Balaban J connectivity index is 2.01. The van der Waals surface area contributed by atoms with Gasteiger partial charge in [-0.1, -0.05) is 24.3 Å². The average Bonchev–Trinajstić information content (AvgIpc) is 2.76. The second-order valence-corrected chi connectivity index (χ2v) is 4.12. The molecule has 0 aliphatic carbocycles. The Morgan fingerprint density at radius 1 is 1.22 bits per heavy atom. The molecule has 5 nitrogen and oxygen atoms in total. The zero-order valence-electron chi connectivity index (χ0n) is 9.92. The van der Waals surface area contributed by atoms with Crippen molar-refractivity contribution in [2.45, 2.75) is 13.3 Å². The second kappa shape index (κ2) is 4.10. The van der Waals surface area contributed by atoms with Crippen molar-refractivity contribution < 1.29 is 4.42 Å². The molecule has 5 heteroatoms. The van der Waals surface area contributed by atoms with Crippen molar-refractivity contribution in [3.8, 4) is 0 Å². The molecule has 0 atom stereocenters. The Labute approximate surface area is 104 Å². The predicted octanol–water partition coefficient (Wildman–Crippen LogP) is 2.10. The Morgan fingerprint density at radius 3 is 2.83 bits per heavy atom. The minimum Gasteiger partial charge on any atom is -0.422 e. The number of hydrogen-bond donors (Lipinski definition) is 1. The highest BCUT2D eigenvalue weighted by Crippen LogP contribution is 2.19. The van der Waals surface area contributed by atoms with E-state index in [1.54, 1.807) is 0 Å². The molecule has 3 rings (SSSR count). The summed E-state index contributed by atoms with van der Waals surface area (Å²) in [7, 11) is 0. The van der Waals surface area contributed by atoms with E-state index in [0.29, 0.717) is 29.4 Å². The molecule has 0 bridgehead atoms. The molecule has 90 valence electrons. The maximum absolute atomic E-state index is 5.72. The molecule has 18 heavy (non-hydrogen) atoms. The Kier molecular flexibility index (Phi) is 2.44. The molecule has 2 N–H and O–H groups in total. The van der Waals surface area contributed by atoms with Gasteiger partial charge in [0.05, 0.1) is 0 Å². The van der Waals surface area contributed by atoms with E-state index in [4.69, 9.17) is 10.2 Å².